The van der Waals surface area contributed by atoms with Gasteiger partial charge in [-0.25, -0.2) is 4.79 Å². The van der Waals surface area contributed by atoms with Gasteiger partial charge in [0.1, 0.15) is 6.04 Å². The number of carboxylic acids is 1. The summed E-state index contributed by atoms with van der Waals surface area (Å²) in [6.07, 6.45) is 14.2. The van der Waals surface area contributed by atoms with Crippen molar-refractivity contribution in [3.8, 4) is 0 Å². The van der Waals surface area contributed by atoms with Gasteiger partial charge in [-0.2, -0.15) is 5.10 Å². The van der Waals surface area contributed by atoms with Crippen molar-refractivity contribution in [2.45, 2.75) is 70.3 Å². The molecule has 0 saturated heterocycles. The number of hydrogen-bond acceptors (Lipinski definition) is 4. The molecule has 1 aliphatic rings. The number of fused-ring (bicyclic) bond motifs is 2. The molecule has 2 atom stereocenters. The minimum atomic E-state index is -0.984. The van der Waals surface area contributed by atoms with Gasteiger partial charge in [0.2, 0.25) is 0 Å². The van der Waals surface area contributed by atoms with E-state index >= 15 is 0 Å². The molecule has 0 radical (unpaired) electrons. The summed E-state index contributed by atoms with van der Waals surface area (Å²) in [4.78, 5) is 28.8. The predicted octanol–water partition coefficient (Wildman–Crippen LogP) is 4.69. The molecule has 34 heavy (non-hydrogen) atoms. The molecule has 1 amide bonds. The fourth-order valence-corrected chi connectivity index (χ4v) is 4.97. The Bertz CT molecular complexity index is 1140. The minimum Gasteiger partial charge on any atom is -0.480 e. The van der Waals surface area contributed by atoms with Crippen molar-refractivity contribution in [1.82, 2.24) is 20.1 Å². The van der Waals surface area contributed by atoms with Gasteiger partial charge in [0.15, 0.2) is 0 Å². The lowest BCUT2D eigenvalue weighted by Crippen LogP contribution is -2.40. The summed E-state index contributed by atoms with van der Waals surface area (Å²) < 4.78 is 1.69. The highest BCUT2D eigenvalue weighted by Crippen LogP contribution is 2.27. The molecule has 1 aliphatic carbocycles. The number of aliphatic carboxylic acids is 1. The Morgan fingerprint density at radius 3 is 2.85 bits per heavy atom. The molecule has 7 nitrogen and oxygen atoms in total. The Labute approximate surface area is 200 Å². The summed E-state index contributed by atoms with van der Waals surface area (Å²) in [7, 11) is 1.83. The number of carbonyl (C=O) groups is 2. The highest BCUT2D eigenvalue weighted by Gasteiger charge is 2.21. The first kappa shape index (κ1) is 23.9. The largest absolute Gasteiger partial charge is 0.480 e. The fourth-order valence-electron chi connectivity index (χ4n) is 4.97. The molecule has 0 spiro atoms. The number of nitrogens with zero attached hydrogens (tertiary/aromatic N) is 3. The Morgan fingerprint density at radius 1 is 1.18 bits per heavy atom. The monoisotopic (exact) mass is 462 g/mol. The van der Waals surface area contributed by atoms with Crippen LogP contribution in [0.4, 0.5) is 0 Å². The van der Waals surface area contributed by atoms with E-state index in [0.717, 1.165) is 48.9 Å². The Kier molecular flexibility index (Phi) is 7.93. The number of benzene rings is 1. The van der Waals surface area contributed by atoms with E-state index in [1.54, 1.807) is 22.9 Å². The van der Waals surface area contributed by atoms with Gasteiger partial charge in [0, 0.05) is 36.1 Å². The SMILES string of the molecule is Cn1cc2cc(C(=O)NC(CCCCCCCC3CCc4cccnc4C3)C(=O)O)ccc2n1. The summed E-state index contributed by atoms with van der Waals surface area (Å²) in [6, 6.07) is 8.57. The maximum Gasteiger partial charge on any atom is 0.326 e. The van der Waals surface area contributed by atoms with E-state index < -0.39 is 12.0 Å². The van der Waals surface area contributed by atoms with Crippen LogP contribution >= 0.6 is 0 Å². The molecule has 4 rings (SSSR count). The van der Waals surface area contributed by atoms with Crippen molar-refractivity contribution in [3.05, 3.63) is 59.5 Å². The predicted molar refractivity (Wildman–Crippen MR) is 132 cm³/mol. The first-order valence-corrected chi connectivity index (χ1v) is 12.4. The van der Waals surface area contributed by atoms with Crippen LogP contribution in [0.1, 0.15) is 73.0 Å². The van der Waals surface area contributed by atoms with Crippen LogP contribution in [0, 0.1) is 5.92 Å². The van der Waals surface area contributed by atoms with Crippen molar-refractivity contribution in [2.24, 2.45) is 13.0 Å². The maximum atomic E-state index is 12.6. The first-order valence-electron chi connectivity index (χ1n) is 12.4. The number of amides is 1. The molecular weight excluding hydrogens is 428 g/mol. The topological polar surface area (TPSA) is 97.1 Å². The van der Waals surface area contributed by atoms with Gasteiger partial charge in [0.05, 0.1) is 5.52 Å². The number of rotatable bonds is 11. The van der Waals surface area contributed by atoms with Crippen LogP contribution in [0.2, 0.25) is 0 Å². The zero-order chi connectivity index (χ0) is 23.9. The van der Waals surface area contributed by atoms with Crippen molar-refractivity contribution >= 4 is 22.8 Å². The molecule has 0 bridgehead atoms. The van der Waals surface area contributed by atoms with Crippen molar-refractivity contribution in [1.29, 1.82) is 0 Å². The second-order valence-electron chi connectivity index (χ2n) is 9.50. The van der Waals surface area contributed by atoms with E-state index in [-0.39, 0.29) is 5.91 Å². The van der Waals surface area contributed by atoms with Gasteiger partial charge in [0.25, 0.3) is 5.91 Å². The van der Waals surface area contributed by atoms with Gasteiger partial charge < -0.3 is 10.4 Å². The second-order valence-corrected chi connectivity index (χ2v) is 9.50. The molecule has 1 aromatic carbocycles. The van der Waals surface area contributed by atoms with Crippen LogP contribution in [0.15, 0.2) is 42.7 Å². The molecule has 0 aliphatic heterocycles. The van der Waals surface area contributed by atoms with E-state index in [0.29, 0.717) is 12.0 Å². The third kappa shape index (κ3) is 6.22. The number of carbonyl (C=O) groups excluding carboxylic acids is 1. The third-order valence-corrected chi connectivity index (χ3v) is 6.88. The number of aromatic nitrogens is 3. The number of aryl methyl sites for hydroxylation is 2. The summed E-state index contributed by atoms with van der Waals surface area (Å²) in [5.41, 5.74) is 3.95. The van der Waals surface area contributed by atoms with Gasteiger partial charge >= 0.3 is 5.97 Å². The molecule has 180 valence electrons. The van der Waals surface area contributed by atoms with Crippen molar-refractivity contribution in [3.63, 3.8) is 0 Å². The molecule has 2 N–H and O–H groups in total. The van der Waals surface area contributed by atoms with Gasteiger partial charge in [-0.15, -0.1) is 0 Å². The van der Waals surface area contributed by atoms with E-state index in [9.17, 15) is 14.7 Å². The molecule has 2 aromatic heterocycles. The van der Waals surface area contributed by atoms with Crippen LogP contribution in [0.3, 0.4) is 0 Å². The number of pyridine rings is 1. The molecular formula is C27H34N4O3. The molecule has 7 heteroatoms. The number of unbranched alkanes of at least 4 members (excludes halogenated alkanes) is 4. The van der Waals surface area contributed by atoms with Crippen LogP contribution in [0.25, 0.3) is 10.9 Å². The number of nitrogens with one attached hydrogen (secondary N) is 1. The average Bonchev–Trinajstić information content (AvgIpc) is 3.21. The number of carboxylic acid groups (broad SMARTS) is 1. The van der Waals surface area contributed by atoms with E-state index in [1.807, 2.05) is 25.5 Å². The van der Waals surface area contributed by atoms with Crippen molar-refractivity contribution < 1.29 is 14.7 Å². The lowest BCUT2D eigenvalue weighted by Gasteiger charge is -2.23. The number of hydrogen-bond donors (Lipinski definition) is 2. The Balaban J connectivity index is 1.14. The summed E-state index contributed by atoms with van der Waals surface area (Å²) in [6.45, 7) is 0. The molecule has 0 fully saturated rings. The minimum absolute atomic E-state index is 0.360. The summed E-state index contributed by atoms with van der Waals surface area (Å²) in [5, 5.41) is 17.4. The van der Waals surface area contributed by atoms with E-state index in [2.05, 4.69) is 21.5 Å². The van der Waals surface area contributed by atoms with Gasteiger partial charge in [-0.3, -0.25) is 14.5 Å². The fraction of sp³-hybridized carbons (Fsp3) is 0.481. The van der Waals surface area contributed by atoms with E-state index in [4.69, 9.17) is 0 Å². The zero-order valence-corrected chi connectivity index (χ0v) is 19.9. The van der Waals surface area contributed by atoms with Gasteiger partial charge in [-0.1, -0.05) is 44.6 Å². The lowest BCUT2D eigenvalue weighted by molar-refractivity contribution is -0.139. The Morgan fingerprint density at radius 2 is 2.00 bits per heavy atom. The summed E-state index contributed by atoms with van der Waals surface area (Å²) in [5.74, 6) is -0.608. The Hall–Kier alpha value is -3.22. The van der Waals surface area contributed by atoms with Crippen LogP contribution in [0.5, 0.6) is 0 Å². The zero-order valence-electron chi connectivity index (χ0n) is 19.9. The smallest absolute Gasteiger partial charge is 0.326 e. The quantitative estimate of drug-likeness (QED) is 0.403. The van der Waals surface area contributed by atoms with Crippen molar-refractivity contribution in [2.75, 3.05) is 0 Å². The maximum absolute atomic E-state index is 12.6. The first-order chi connectivity index (χ1) is 16.5. The molecule has 3 aromatic rings. The van der Waals surface area contributed by atoms with E-state index in [1.165, 1.54) is 36.9 Å². The second kappa shape index (κ2) is 11.3. The normalized spacial score (nSPS) is 16.2. The average molecular weight is 463 g/mol. The van der Waals surface area contributed by atoms with Gasteiger partial charge in [-0.05, 0) is 61.4 Å². The van der Waals surface area contributed by atoms with Crippen LogP contribution in [-0.2, 0) is 24.7 Å². The third-order valence-electron chi connectivity index (χ3n) is 6.88. The molecule has 2 unspecified atom stereocenters. The standard InChI is InChI=1S/C27H34N4O3/c1-31-18-22-17-21(13-14-23(22)30-31)26(32)29-24(27(33)34)10-6-4-2-3-5-8-19-11-12-20-9-7-15-28-25(20)16-19/h7,9,13-15,17-19,24H,2-6,8,10-12,16H2,1H3,(H,29,32)(H,33,34). The molecule has 0 saturated carbocycles. The summed E-state index contributed by atoms with van der Waals surface area (Å²) >= 11 is 0. The molecule has 2 heterocycles. The lowest BCUT2D eigenvalue weighted by atomic mass is 9.84. The van der Waals surface area contributed by atoms with Crippen LogP contribution < -0.4 is 5.32 Å². The highest BCUT2D eigenvalue weighted by molar-refractivity contribution is 5.99. The van der Waals surface area contributed by atoms with Crippen LogP contribution in [-0.4, -0.2) is 37.8 Å². The highest BCUT2D eigenvalue weighted by atomic mass is 16.4.